The fraction of sp³-hybridized carbons (Fsp3) is 0.500. The summed E-state index contributed by atoms with van der Waals surface area (Å²) in [4.78, 5) is 12.6. The summed E-state index contributed by atoms with van der Waals surface area (Å²) < 4.78 is 45.3. The Balaban J connectivity index is 2.46. The summed E-state index contributed by atoms with van der Waals surface area (Å²) in [5.41, 5.74) is -3.32. The first-order valence-corrected chi connectivity index (χ1v) is 7.43. The van der Waals surface area contributed by atoms with E-state index in [1.54, 1.807) is 6.07 Å². The van der Waals surface area contributed by atoms with Crippen LogP contribution >= 0.6 is 0 Å². The number of alkyl halides is 3. The fourth-order valence-corrected chi connectivity index (χ4v) is 2.57. The molecule has 0 fully saturated rings. The van der Waals surface area contributed by atoms with Gasteiger partial charge in [0.2, 0.25) is 0 Å². The molecule has 0 unspecified atom stereocenters. The average Bonchev–Trinajstić information content (AvgIpc) is 2.83. The molecule has 0 bridgehead atoms. The maximum Gasteiger partial charge on any atom is 0.438 e. The third kappa shape index (κ3) is 3.24. The predicted molar refractivity (Wildman–Crippen MR) is 81.7 cm³/mol. The largest absolute Gasteiger partial charge is 0.496 e. The summed E-state index contributed by atoms with van der Waals surface area (Å²) in [6, 6.07) is 5.86. The lowest BCUT2D eigenvalue weighted by molar-refractivity contribution is -0.297. The third-order valence-corrected chi connectivity index (χ3v) is 3.67. The van der Waals surface area contributed by atoms with E-state index >= 15 is 0 Å². The van der Waals surface area contributed by atoms with E-state index in [1.165, 1.54) is 25.3 Å². The van der Waals surface area contributed by atoms with E-state index in [-0.39, 0.29) is 34.4 Å². The van der Waals surface area contributed by atoms with Crippen LogP contribution in [-0.2, 0) is 0 Å². The molecule has 0 saturated carbocycles. The Morgan fingerprint density at radius 3 is 2.58 bits per heavy atom. The first kappa shape index (κ1) is 18.3. The van der Waals surface area contributed by atoms with Gasteiger partial charge in [-0.15, -0.1) is 0 Å². The molecule has 1 atom stereocenters. The first-order chi connectivity index (χ1) is 11.1. The number of nitrogens with zero attached hydrogens (tertiary/aromatic N) is 2. The number of amides is 1. The van der Waals surface area contributed by atoms with Crippen molar-refractivity contribution in [3.63, 3.8) is 0 Å². The van der Waals surface area contributed by atoms with Crippen molar-refractivity contribution in [1.29, 1.82) is 0 Å². The topological polar surface area (TPSA) is 62.1 Å². The van der Waals surface area contributed by atoms with Gasteiger partial charge < -0.3 is 9.84 Å². The second kappa shape index (κ2) is 6.43. The van der Waals surface area contributed by atoms with Gasteiger partial charge in [0, 0.05) is 12.1 Å². The van der Waals surface area contributed by atoms with E-state index in [9.17, 15) is 23.1 Å². The lowest BCUT2D eigenvalue weighted by Gasteiger charge is -2.32. The van der Waals surface area contributed by atoms with Crippen molar-refractivity contribution in [3.05, 3.63) is 29.8 Å². The molecule has 1 aliphatic heterocycles. The van der Waals surface area contributed by atoms with E-state index in [1.807, 2.05) is 13.8 Å². The summed E-state index contributed by atoms with van der Waals surface area (Å²) in [6.45, 7) is 3.64. The lowest BCUT2D eigenvalue weighted by Crippen LogP contribution is -2.56. The molecule has 0 aromatic heterocycles. The Labute approximate surface area is 137 Å². The minimum atomic E-state index is -5.03. The van der Waals surface area contributed by atoms with Crippen molar-refractivity contribution < 1.29 is 27.8 Å². The summed E-state index contributed by atoms with van der Waals surface area (Å²) in [5.74, 6) is -0.909. The molecular weight excluding hydrogens is 325 g/mol. The molecule has 132 valence electrons. The maximum atomic E-state index is 13.4. The number of carbonyl (C=O) groups excluding carboxylic acids is 1. The summed E-state index contributed by atoms with van der Waals surface area (Å²) in [7, 11) is 1.31. The van der Waals surface area contributed by atoms with Gasteiger partial charge in [0.05, 0.1) is 12.7 Å². The number of aliphatic hydroxyl groups is 1. The zero-order valence-corrected chi connectivity index (χ0v) is 13.6. The Hall–Kier alpha value is -2.09. The molecule has 1 aliphatic rings. The molecule has 8 heteroatoms. The number of hydrogen-bond donors (Lipinski definition) is 1. The van der Waals surface area contributed by atoms with Gasteiger partial charge in [-0.25, -0.2) is 0 Å². The van der Waals surface area contributed by atoms with E-state index < -0.39 is 24.2 Å². The lowest BCUT2D eigenvalue weighted by atomic mass is 9.99. The zero-order chi connectivity index (χ0) is 18.1. The van der Waals surface area contributed by atoms with Gasteiger partial charge in [0.15, 0.2) is 0 Å². The van der Waals surface area contributed by atoms with Crippen LogP contribution in [0.5, 0.6) is 5.75 Å². The van der Waals surface area contributed by atoms with Gasteiger partial charge >= 0.3 is 6.18 Å². The van der Waals surface area contributed by atoms with Crippen LogP contribution in [0.3, 0.4) is 0 Å². The van der Waals surface area contributed by atoms with Crippen molar-refractivity contribution in [2.24, 2.45) is 11.0 Å². The van der Waals surface area contributed by atoms with E-state index in [0.717, 1.165) is 0 Å². The molecule has 0 radical (unpaired) electrons. The molecular formula is C16H19F3N2O3. The molecule has 2 rings (SSSR count). The predicted octanol–water partition coefficient (Wildman–Crippen LogP) is 3.19. The summed E-state index contributed by atoms with van der Waals surface area (Å²) in [6.07, 6.45) is -5.53. The van der Waals surface area contributed by atoms with Crippen molar-refractivity contribution in [1.82, 2.24) is 5.01 Å². The number of carbonyl (C=O) groups is 1. The summed E-state index contributed by atoms with van der Waals surface area (Å²) in [5, 5.41) is 14.1. The number of para-hydroxylation sites is 1. The standard InChI is InChI=1S/C16H19F3N2O3/c1-10(2)8-11-9-15(23,16(17,18)19)21(20-11)14(22)12-6-4-5-7-13(12)24-3/h4-7,10,23H,8-9H2,1-3H3/t15-/m0/s1. The maximum absolute atomic E-state index is 13.4. The monoisotopic (exact) mass is 344 g/mol. The van der Waals surface area contributed by atoms with Crippen molar-refractivity contribution in [3.8, 4) is 5.75 Å². The molecule has 1 aromatic rings. The van der Waals surface area contributed by atoms with Crippen LogP contribution in [0.25, 0.3) is 0 Å². The number of hydrazone groups is 1. The zero-order valence-electron chi connectivity index (χ0n) is 13.6. The minimum Gasteiger partial charge on any atom is -0.496 e. The van der Waals surface area contributed by atoms with Crippen LogP contribution in [0.2, 0.25) is 0 Å². The number of ether oxygens (including phenoxy) is 1. The number of halogens is 3. The number of rotatable bonds is 4. The SMILES string of the molecule is COc1ccccc1C(=O)N1N=C(CC(C)C)C[C@]1(O)C(F)(F)F. The smallest absolute Gasteiger partial charge is 0.438 e. The van der Waals surface area contributed by atoms with Gasteiger partial charge in [0.25, 0.3) is 11.6 Å². The van der Waals surface area contributed by atoms with Crippen LogP contribution in [0.15, 0.2) is 29.4 Å². The fourth-order valence-electron chi connectivity index (χ4n) is 2.57. The Kier molecular flexibility index (Phi) is 4.89. The minimum absolute atomic E-state index is 0.0440. The van der Waals surface area contributed by atoms with E-state index in [4.69, 9.17) is 4.74 Å². The highest BCUT2D eigenvalue weighted by Crippen LogP contribution is 2.42. The van der Waals surface area contributed by atoms with Gasteiger partial charge in [-0.3, -0.25) is 4.79 Å². The number of hydrogen-bond acceptors (Lipinski definition) is 4. The Morgan fingerprint density at radius 1 is 1.42 bits per heavy atom. The van der Waals surface area contributed by atoms with Gasteiger partial charge in [0.1, 0.15) is 5.75 Å². The quantitative estimate of drug-likeness (QED) is 0.912. The highest BCUT2D eigenvalue weighted by Gasteiger charge is 2.63. The third-order valence-electron chi connectivity index (χ3n) is 3.67. The van der Waals surface area contributed by atoms with Gasteiger partial charge in [-0.2, -0.15) is 23.3 Å². The van der Waals surface area contributed by atoms with Crippen LogP contribution in [0.1, 0.15) is 37.0 Å². The van der Waals surface area contributed by atoms with Gasteiger partial charge in [-0.1, -0.05) is 26.0 Å². The normalized spacial score (nSPS) is 21.2. The molecule has 0 aliphatic carbocycles. The molecule has 0 spiro atoms. The number of benzene rings is 1. The van der Waals surface area contributed by atoms with E-state index in [0.29, 0.717) is 0 Å². The Bertz CT molecular complexity index is 658. The van der Waals surface area contributed by atoms with Crippen molar-refractivity contribution >= 4 is 11.6 Å². The molecule has 24 heavy (non-hydrogen) atoms. The van der Waals surface area contributed by atoms with E-state index in [2.05, 4.69) is 5.10 Å². The molecule has 1 heterocycles. The van der Waals surface area contributed by atoms with Crippen molar-refractivity contribution in [2.45, 2.75) is 38.6 Å². The van der Waals surface area contributed by atoms with Crippen LogP contribution < -0.4 is 4.74 Å². The molecule has 1 aromatic carbocycles. The second-order valence-electron chi connectivity index (χ2n) is 6.07. The molecule has 1 amide bonds. The van der Waals surface area contributed by atoms with Crippen LogP contribution in [0.4, 0.5) is 13.2 Å². The van der Waals surface area contributed by atoms with Crippen molar-refractivity contribution in [2.75, 3.05) is 7.11 Å². The van der Waals surface area contributed by atoms with Gasteiger partial charge in [-0.05, 0) is 24.5 Å². The first-order valence-electron chi connectivity index (χ1n) is 7.43. The number of methoxy groups -OCH3 is 1. The highest BCUT2D eigenvalue weighted by molar-refractivity contribution is 6.00. The molecule has 0 saturated heterocycles. The molecule has 5 nitrogen and oxygen atoms in total. The van der Waals surface area contributed by atoms with Crippen LogP contribution in [-0.4, -0.2) is 40.7 Å². The summed E-state index contributed by atoms with van der Waals surface area (Å²) >= 11 is 0. The molecule has 1 N–H and O–H groups in total. The van der Waals surface area contributed by atoms with Crippen LogP contribution in [0, 0.1) is 5.92 Å². The highest BCUT2D eigenvalue weighted by atomic mass is 19.4. The second-order valence-corrected chi connectivity index (χ2v) is 6.07. The Morgan fingerprint density at radius 2 is 2.04 bits per heavy atom. The average molecular weight is 344 g/mol.